The van der Waals surface area contributed by atoms with Crippen LogP contribution < -0.4 is 5.32 Å². The van der Waals surface area contributed by atoms with Gasteiger partial charge in [-0.05, 0) is 37.5 Å². The lowest BCUT2D eigenvalue weighted by molar-refractivity contribution is -0.121. The van der Waals surface area contributed by atoms with Gasteiger partial charge < -0.3 is 10.2 Å². The number of fused-ring (bicyclic) bond motifs is 1. The number of nitrogens with zero attached hydrogens (tertiary/aromatic N) is 3. The van der Waals surface area contributed by atoms with Crippen LogP contribution >= 0.6 is 0 Å². The Balaban J connectivity index is 1.40. The fourth-order valence-corrected chi connectivity index (χ4v) is 3.58. The Kier molecular flexibility index (Phi) is 4.45. The topological polar surface area (TPSA) is 57.6 Å². The molecule has 5 nitrogen and oxygen atoms in total. The molecule has 0 unspecified atom stereocenters. The third kappa shape index (κ3) is 3.21. The molecule has 0 saturated carbocycles. The number of aliphatic imine (C=N–C) groups is 1. The van der Waals surface area contributed by atoms with E-state index in [-0.39, 0.29) is 11.9 Å². The van der Waals surface area contributed by atoms with Gasteiger partial charge in [0.1, 0.15) is 5.84 Å². The Morgan fingerprint density at radius 1 is 1.35 bits per heavy atom. The highest BCUT2D eigenvalue weighted by Crippen LogP contribution is 2.27. The number of carbonyl (C=O) groups is 1. The lowest BCUT2D eigenvalue weighted by Crippen LogP contribution is -2.49. The highest BCUT2D eigenvalue weighted by Gasteiger charge is 2.31. The van der Waals surface area contributed by atoms with Crippen molar-refractivity contribution in [2.45, 2.75) is 45.3 Å². The number of benzene rings is 1. The first-order valence-electron chi connectivity index (χ1n) is 9.25. The largest absolute Gasteiger partial charge is 0.354 e. The fraction of sp³-hybridized carbons (Fsp3) is 0.381. The maximum atomic E-state index is 12.4. The standard InChI is InChI=1S/C21H24N4O/c1-14-8-9-25(14)21-19-13-22-18(10-17(19)12-23-21)11-20(26)24-15(2)16-6-4-3-5-7-16/h3-7,10,13-15H,8-9,11-12H2,1-2H3,(H,24,26)/t14-,15-/m1/s1. The number of likely N-dealkylation sites (tertiary alicyclic amines) is 1. The van der Waals surface area contributed by atoms with E-state index < -0.39 is 0 Å². The van der Waals surface area contributed by atoms with E-state index in [1.165, 1.54) is 12.0 Å². The van der Waals surface area contributed by atoms with Crippen molar-refractivity contribution in [1.29, 1.82) is 0 Å². The first-order chi connectivity index (χ1) is 12.6. The van der Waals surface area contributed by atoms with Crippen LogP contribution in [-0.4, -0.2) is 34.2 Å². The van der Waals surface area contributed by atoms with Gasteiger partial charge in [-0.2, -0.15) is 0 Å². The average Bonchev–Trinajstić information content (AvgIpc) is 3.03. The monoisotopic (exact) mass is 348 g/mol. The summed E-state index contributed by atoms with van der Waals surface area (Å²) >= 11 is 0. The van der Waals surface area contributed by atoms with Crippen molar-refractivity contribution >= 4 is 11.7 Å². The minimum absolute atomic E-state index is 0.00990. The number of nitrogens with one attached hydrogen (secondary N) is 1. The van der Waals surface area contributed by atoms with Gasteiger partial charge in [-0.25, -0.2) is 0 Å². The zero-order valence-electron chi connectivity index (χ0n) is 15.3. The molecule has 0 radical (unpaired) electrons. The third-order valence-corrected chi connectivity index (χ3v) is 5.30. The molecule has 1 aromatic carbocycles. The van der Waals surface area contributed by atoms with Crippen LogP contribution in [0.5, 0.6) is 0 Å². The molecule has 5 heteroatoms. The van der Waals surface area contributed by atoms with Gasteiger partial charge in [0.25, 0.3) is 0 Å². The maximum absolute atomic E-state index is 12.4. The number of amides is 1. The molecule has 2 aliphatic rings. The molecular formula is C21H24N4O. The molecule has 0 bridgehead atoms. The first-order valence-corrected chi connectivity index (χ1v) is 9.25. The molecule has 1 aromatic heterocycles. The molecule has 1 N–H and O–H groups in total. The number of pyridine rings is 1. The van der Waals surface area contributed by atoms with Crippen molar-refractivity contribution in [3.8, 4) is 0 Å². The number of hydrogen-bond donors (Lipinski definition) is 1. The molecule has 1 fully saturated rings. The smallest absolute Gasteiger partial charge is 0.226 e. The summed E-state index contributed by atoms with van der Waals surface area (Å²) in [7, 11) is 0. The number of carbonyl (C=O) groups excluding carboxylic acids is 1. The second kappa shape index (κ2) is 6.90. The summed E-state index contributed by atoms with van der Waals surface area (Å²) in [4.78, 5) is 23.9. The van der Waals surface area contributed by atoms with Gasteiger partial charge in [-0.3, -0.25) is 14.8 Å². The molecule has 0 spiro atoms. The lowest BCUT2D eigenvalue weighted by atomic mass is 10.0. The van der Waals surface area contributed by atoms with E-state index in [1.54, 1.807) is 0 Å². The van der Waals surface area contributed by atoms with Crippen LogP contribution in [0.25, 0.3) is 0 Å². The molecule has 4 rings (SSSR count). The van der Waals surface area contributed by atoms with Crippen LogP contribution in [-0.2, 0) is 17.8 Å². The second-order valence-electron chi connectivity index (χ2n) is 7.18. The fourth-order valence-electron chi connectivity index (χ4n) is 3.58. The number of rotatable bonds is 4. The predicted octanol–water partition coefficient (Wildman–Crippen LogP) is 2.86. The van der Waals surface area contributed by atoms with Crippen LogP contribution in [0.3, 0.4) is 0 Å². The summed E-state index contributed by atoms with van der Waals surface area (Å²) in [5.74, 6) is 1.06. The Bertz CT molecular complexity index is 846. The van der Waals surface area contributed by atoms with E-state index in [4.69, 9.17) is 0 Å². The number of aromatic nitrogens is 1. The predicted molar refractivity (Wildman–Crippen MR) is 102 cm³/mol. The summed E-state index contributed by atoms with van der Waals surface area (Å²) in [6.07, 6.45) is 3.40. The van der Waals surface area contributed by atoms with Crippen molar-refractivity contribution in [1.82, 2.24) is 15.2 Å². The zero-order valence-corrected chi connectivity index (χ0v) is 15.3. The van der Waals surface area contributed by atoms with Crippen molar-refractivity contribution in [3.63, 3.8) is 0 Å². The highest BCUT2D eigenvalue weighted by atomic mass is 16.1. The summed E-state index contributed by atoms with van der Waals surface area (Å²) < 4.78 is 0. The molecule has 1 saturated heterocycles. The van der Waals surface area contributed by atoms with Gasteiger partial charge >= 0.3 is 0 Å². The molecule has 2 aliphatic heterocycles. The van der Waals surface area contributed by atoms with E-state index in [9.17, 15) is 4.79 Å². The van der Waals surface area contributed by atoms with Crippen molar-refractivity contribution in [2.75, 3.05) is 6.54 Å². The van der Waals surface area contributed by atoms with E-state index in [2.05, 4.69) is 27.1 Å². The Morgan fingerprint density at radius 2 is 2.15 bits per heavy atom. The molecule has 2 aromatic rings. The second-order valence-corrected chi connectivity index (χ2v) is 7.18. The van der Waals surface area contributed by atoms with Crippen LogP contribution in [0, 0.1) is 0 Å². The molecule has 0 aliphatic carbocycles. The molecule has 26 heavy (non-hydrogen) atoms. The minimum Gasteiger partial charge on any atom is -0.354 e. The van der Waals surface area contributed by atoms with Gasteiger partial charge in [-0.15, -0.1) is 0 Å². The summed E-state index contributed by atoms with van der Waals surface area (Å²) in [6, 6.07) is 12.6. The minimum atomic E-state index is -0.0130. The van der Waals surface area contributed by atoms with E-state index in [1.807, 2.05) is 49.5 Å². The molecule has 134 valence electrons. The quantitative estimate of drug-likeness (QED) is 0.924. The molecule has 2 atom stereocenters. The number of hydrogen-bond acceptors (Lipinski definition) is 4. The Hall–Kier alpha value is -2.69. The Labute approximate surface area is 154 Å². The highest BCUT2D eigenvalue weighted by molar-refractivity contribution is 6.02. The van der Waals surface area contributed by atoms with E-state index in [0.29, 0.717) is 19.0 Å². The summed E-state index contributed by atoms with van der Waals surface area (Å²) in [5.41, 5.74) is 4.20. The third-order valence-electron chi connectivity index (χ3n) is 5.30. The van der Waals surface area contributed by atoms with Gasteiger partial charge in [-0.1, -0.05) is 30.3 Å². The van der Waals surface area contributed by atoms with Crippen LogP contribution in [0.2, 0.25) is 0 Å². The normalized spacial score (nSPS) is 19.4. The summed E-state index contributed by atoms with van der Waals surface area (Å²) in [5, 5.41) is 3.05. The van der Waals surface area contributed by atoms with Gasteiger partial charge in [0, 0.05) is 24.3 Å². The van der Waals surface area contributed by atoms with Gasteiger partial charge in [0.15, 0.2) is 0 Å². The van der Waals surface area contributed by atoms with Crippen LogP contribution in [0.4, 0.5) is 0 Å². The molecular weight excluding hydrogens is 324 g/mol. The molecule has 1 amide bonds. The van der Waals surface area contributed by atoms with Crippen molar-refractivity contribution < 1.29 is 4.79 Å². The van der Waals surface area contributed by atoms with Crippen molar-refractivity contribution in [3.05, 3.63) is 65.0 Å². The van der Waals surface area contributed by atoms with E-state index in [0.717, 1.165) is 29.2 Å². The van der Waals surface area contributed by atoms with Crippen molar-refractivity contribution in [2.24, 2.45) is 4.99 Å². The summed E-state index contributed by atoms with van der Waals surface area (Å²) in [6.45, 7) is 5.98. The van der Waals surface area contributed by atoms with Gasteiger partial charge in [0.05, 0.1) is 24.7 Å². The maximum Gasteiger partial charge on any atom is 0.226 e. The molecule has 3 heterocycles. The average molecular weight is 348 g/mol. The van der Waals surface area contributed by atoms with Crippen LogP contribution in [0.15, 0.2) is 47.6 Å². The van der Waals surface area contributed by atoms with Gasteiger partial charge in [0.2, 0.25) is 5.91 Å². The SMILES string of the molecule is C[C@@H]1CCN1C1=NCc2cc(CC(=O)N[C@H](C)c3ccccc3)ncc21. The zero-order chi connectivity index (χ0) is 18.1. The van der Waals surface area contributed by atoms with Crippen LogP contribution in [0.1, 0.15) is 48.7 Å². The number of amidine groups is 1. The first kappa shape index (κ1) is 16.8. The lowest BCUT2D eigenvalue weighted by Gasteiger charge is -2.40. The van der Waals surface area contributed by atoms with E-state index >= 15 is 0 Å². The Morgan fingerprint density at radius 3 is 2.85 bits per heavy atom.